The molecule has 0 N–H and O–H groups in total. The minimum atomic E-state index is -2.17. The summed E-state index contributed by atoms with van der Waals surface area (Å²) in [6.07, 6.45) is 3.22. The third kappa shape index (κ3) is 4.39. The predicted molar refractivity (Wildman–Crippen MR) is 184 cm³/mol. The van der Waals surface area contributed by atoms with E-state index in [1.807, 2.05) is 66.7 Å². The third-order valence-corrected chi connectivity index (χ3v) is 8.44. The van der Waals surface area contributed by atoms with Gasteiger partial charge in [0, 0.05) is 58.2 Å². The standard InChI is InChI=1S/C30H17N2O.C11H8N.Ir/c1-17-9-13-25(31-16-17)18-10-14-26-24(15-18)21-7-4-6-20-22-11-12-23-19-5-2-3-8-27(19)33-30(23)29(22)32(26)28(20)21;1-2-6-10(7-3-1)11-8-4-5-9-12-11;/h2-9,11-16H,1H3;1-6,8-9H;/q2*-1;/i1D3;;. The van der Waals surface area contributed by atoms with Crippen LogP contribution in [0.25, 0.3) is 82.5 Å². The summed E-state index contributed by atoms with van der Waals surface area (Å²) in [5.41, 5.74) is 8.79. The fraction of sp³-hybridized carbons (Fsp3) is 0.0244. The largest absolute Gasteiger partial charge is 0.454 e. The first-order valence-corrected chi connectivity index (χ1v) is 14.7. The average Bonchev–Trinajstić information content (AvgIpc) is 3.79. The second kappa shape index (κ2) is 11.2. The van der Waals surface area contributed by atoms with Gasteiger partial charge in [-0.25, -0.2) is 0 Å². The molecule has 0 bridgehead atoms. The van der Waals surface area contributed by atoms with E-state index < -0.39 is 6.85 Å². The number of hydrogen-bond acceptors (Lipinski definition) is 3. The van der Waals surface area contributed by atoms with Gasteiger partial charge in [-0.2, -0.15) is 0 Å². The number of hydrogen-bond donors (Lipinski definition) is 0. The number of aryl methyl sites for hydroxylation is 1. The molecule has 1 radical (unpaired) electrons. The first-order chi connectivity index (χ1) is 23.5. The molecule has 0 saturated heterocycles. The molecule has 5 heterocycles. The predicted octanol–water partition coefficient (Wildman–Crippen LogP) is 10.5. The van der Waals surface area contributed by atoms with Gasteiger partial charge in [0.2, 0.25) is 0 Å². The first kappa shape index (κ1) is 24.9. The van der Waals surface area contributed by atoms with Crippen LogP contribution in [0.4, 0.5) is 0 Å². The molecule has 0 amide bonds. The van der Waals surface area contributed by atoms with Crippen LogP contribution in [0, 0.1) is 19.0 Å². The summed E-state index contributed by atoms with van der Waals surface area (Å²) in [7, 11) is 0. The summed E-state index contributed by atoms with van der Waals surface area (Å²) in [5, 5.41) is 6.81. The molecule has 5 aromatic carbocycles. The van der Waals surface area contributed by atoms with Crippen molar-refractivity contribution in [1.82, 2.24) is 14.4 Å². The summed E-state index contributed by atoms with van der Waals surface area (Å²) < 4.78 is 31.5. The molecular weight excluding hydrogens is 743 g/mol. The van der Waals surface area contributed by atoms with Crippen molar-refractivity contribution in [3.8, 4) is 22.5 Å². The number of rotatable bonds is 2. The monoisotopic (exact) mass is 771 g/mol. The molecule has 5 heteroatoms. The summed E-state index contributed by atoms with van der Waals surface area (Å²) in [6.45, 7) is -2.17. The minimum absolute atomic E-state index is 0. The zero-order valence-electron chi connectivity index (χ0n) is 27.3. The molecule has 0 spiro atoms. The van der Waals surface area contributed by atoms with Gasteiger partial charge in [0.15, 0.2) is 5.58 Å². The van der Waals surface area contributed by atoms with Crippen molar-refractivity contribution >= 4 is 60.0 Å². The van der Waals surface area contributed by atoms with Crippen LogP contribution >= 0.6 is 0 Å². The van der Waals surface area contributed by atoms with Gasteiger partial charge in [-0.15, -0.1) is 59.7 Å². The van der Waals surface area contributed by atoms with Crippen LogP contribution in [-0.2, 0) is 20.1 Å². The topological polar surface area (TPSA) is 43.3 Å². The Bertz CT molecular complexity index is 2720. The number of fused-ring (bicyclic) bond motifs is 10. The number of aromatic nitrogens is 3. The van der Waals surface area contributed by atoms with Crippen molar-refractivity contribution in [2.75, 3.05) is 0 Å². The number of benzene rings is 5. The van der Waals surface area contributed by atoms with Gasteiger partial charge < -0.3 is 18.8 Å². The number of pyridine rings is 2. The molecule has 0 aliphatic heterocycles. The maximum Gasteiger partial charge on any atom is 0.159 e. The van der Waals surface area contributed by atoms with Crippen LogP contribution in [0.5, 0.6) is 0 Å². The molecule has 221 valence electrons. The van der Waals surface area contributed by atoms with Crippen molar-refractivity contribution < 1.29 is 28.6 Å². The maximum atomic E-state index is 7.60. The van der Waals surface area contributed by atoms with E-state index in [0.717, 1.165) is 71.5 Å². The van der Waals surface area contributed by atoms with Crippen molar-refractivity contribution in [1.29, 1.82) is 0 Å². The van der Waals surface area contributed by atoms with Gasteiger partial charge in [-0.05, 0) is 52.9 Å². The fourth-order valence-corrected chi connectivity index (χ4v) is 6.45. The van der Waals surface area contributed by atoms with Crippen LogP contribution < -0.4 is 0 Å². The molecule has 0 saturated carbocycles. The van der Waals surface area contributed by atoms with Crippen LogP contribution in [-0.4, -0.2) is 14.4 Å². The summed E-state index contributed by atoms with van der Waals surface area (Å²) in [6, 6.07) is 46.6. The van der Waals surface area contributed by atoms with E-state index in [1.54, 1.807) is 18.3 Å². The molecule has 4 nitrogen and oxygen atoms in total. The van der Waals surface area contributed by atoms with E-state index in [1.165, 1.54) is 11.6 Å². The van der Waals surface area contributed by atoms with Crippen LogP contribution in [0.1, 0.15) is 9.68 Å². The molecule has 0 aliphatic rings. The molecule has 0 aliphatic carbocycles. The van der Waals surface area contributed by atoms with Crippen LogP contribution in [0.15, 0.2) is 138 Å². The van der Waals surface area contributed by atoms with Crippen molar-refractivity contribution in [2.45, 2.75) is 6.85 Å². The molecule has 46 heavy (non-hydrogen) atoms. The molecule has 0 fully saturated rings. The van der Waals surface area contributed by atoms with E-state index in [4.69, 9.17) is 8.53 Å². The van der Waals surface area contributed by atoms with E-state index in [-0.39, 0.29) is 25.7 Å². The van der Waals surface area contributed by atoms with Gasteiger partial charge in [0.1, 0.15) is 5.58 Å². The summed E-state index contributed by atoms with van der Waals surface area (Å²) in [5.74, 6) is 0. The van der Waals surface area contributed by atoms with Gasteiger partial charge in [0.25, 0.3) is 0 Å². The molecule has 0 unspecified atom stereocenters. The van der Waals surface area contributed by atoms with Crippen molar-refractivity contribution in [2.24, 2.45) is 0 Å². The molecule has 10 aromatic rings. The summed E-state index contributed by atoms with van der Waals surface area (Å²) in [4.78, 5) is 8.65. The second-order valence-corrected chi connectivity index (χ2v) is 11.0. The third-order valence-electron chi connectivity index (χ3n) is 8.44. The fourth-order valence-electron chi connectivity index (χ4n) is 6.45. The quantitative estimate of drug-likeness (QED) is 0.165. The first-order valence-electron chi connectivity index (χ1n) is 16.2. The number of para-hydroxylation sites is 2. The zero-order valence-corrected chi connectivity index (χ0v) is 26.7. The maximum absolute atomic E-state index is 7.60. The van der Waals surface area contributed by atoms with Gasteiger partial charge in [0.05, 0.1) is 11.0 Å². The van der Waals surface area contributed by atoms with Gasteiger partial charge >= 0.3 is 0 Å². The van der Waals surface area contributed by atoms with E-state index >= 15 is 0 Å². The molecular formula is C41H25IrN3O-2. The van der Waals surface area contributed by atoms with Crippen molar-refractivity contribution in [3.05, 3.63) is 151 Å². The minimum Gasteiger partial charge on any atom is -0.454 e. The zero-order chi connectivity index (χ0) is 32.4. The Kier molecular flexibility index (Phi) is 6.08. The Morgan fingerprint density at radius 1 is 0.652 bits per heavy atom. The second-order valence-electron chi connectivity index (χ2n) is 11.0. The van der Waals surface area contributed by atoms with Gasteiger partial charge in [-0.3, -0.25) is 0 Å². The van der Waals surface area contributed by atoms with Crippen molar-refractivity contribution in [3.63, 3.8) is 0 Å². The molecule has 10 rings (SSSR count). The Balaban J connectivity index is 0.000000228. The van der Waals surface area contributed by atoms with Crippen LogP contribution in [0.2, 0.25) is 0 Å². The van der Waals surface area contributed by atoms with Crippen LogP contribution in [0.3, 0.4) is 0 Å². The van der Waals surface area contributed by atoms with E-state index in [9.17, 15) is 0 Å². The Morgan fingerprint density at radius 3 is 2.24 bits per heavy atom. The molecule has 0 atom stereocenters. The Hall–Kier alpha value is -5.35. The smallest absolute Gasteiger partial charge is 0.159 e. The normalized spacial score (nSPS) is 12.7. The summed E-state index contributed by atoms with van der Waals surface area (Å²) >= 11 is 0. The number of nitrogens with zero attached hydrogens (tertiary/aromatic N) is 3. The van der Waals surface area contributed by atoms with Gasteiger partial charge in [-0.1, -0.05) is 72.1 Å². The van der Waals surface area contributed by atoms with E-state index in [0.29, 0.717) is 5.69 Å². The SMILES string of the molecule is [2H]C([2H])([2H])c1ccc(-c2[c-]cc3c(c2)c2cccc4c5ccc6c7ccccc7oc6c5n3c24)nc1.[Ir].[c-]1ccccc1-c1ccccn1. The Labute approximate surface area is 282 Å². The number of furan rings is 1. The Morgan fingerprint density at radius 2 is 1.43 bits per heavy atom. The average molecular weight is 771 g/mol. The van der Waals surface area contributed by atoms with E-state index in [2.05, 4.69) is 69.0 Å². The molecule has 5 aromatic heterocycles.